The number of nitrogens with one attached hydrogen (secondary N) is 1. The lowest BCUT2D eigenvalue weighted by Crippen LogP contribution is -2.34. The molecular formula is C20H34N2O9S. The van der Waals surface area contributed by atoms with E-state index >= 15 is 0 Å². The van der Waals surface area contributed by atoms with E-state index < -0.39 is 10.1 Å². The van der Waals surface area contributed by atoms with Crippen LogP contribution in [0, 0.1) is 0 Å². The molecule has 1 aromatic rings. The Labute approximate surface area is 189 Å². The van der Waals surface area contributed by atoms with Crippen LogP contribution in [-0.4, -0.2) is 115 Å². The number of methoxy groups -OCH3 is 1. The van der Waals surface area contributed by atoms with Crippen LogP contribution in [0.5, 0.6) is 5.75 Å². The normalized spacial score (nSPS) is 11.6. The largest absolute Gasteiger partial charge is 0.497 e. The molecule has 0 saturated heterocycles. The summed E-state index contributed by atoms with van der Waals surface area (Å²) in [6, 6.07) is 6.76. The Morgan fingerprint density at radius 2 is 1.53 bits per heavy atom. The Morgan fingerprint density at radius 1 is 0.938 bits per heavy atom. The van der Waals surface area contributed by atoms with Crippen molar-refractivity contribution >= 4 is 16.0 Å². The van der Waals surface area contributed by atoms with Gasteiger partial charge in [-0.25, -0.2) is 0 Å². The van der Waals surface area contributed by atoms with Crippen molar-refractivity contribution in [3.63, 3.8) is 0 Å². The minimum atomic E-state index is -3.72. The summed E-state index contributed by atoms with van der Waals surface area (Å²) >= 11 is 0. The summed E-state index contributed by atoms with van der Waals surface area (Å²) in [5, 5.41) is 20.6. The predicted molar refractivity (Wildman–Crippen MR) is 117 cm³/mol. The van der Waals surface area contributed by atoms with Crippen molar-refractivity contribution in [1.29, 1.82) is 0 Å². The number of hydrogen-bond donors (Lipinski definition) is 3. The first kappa shape index (κ1) is 28.2. The molecule has 0 fully saturated rings. The van der Waals surface area contributed by atoms with Crippen molar-refractivity contribution in [3.05, 3.63) is 29.8 Å². The lowest BCUT2D eigenvalue weighted by molar-refractivity contribution is 0.0377. The summed E-state index contributed by atoms with van der Waals surface area (Å²) < 4.78 is 44.2. The number of carbonyl (C=O) groups is 1. The molecule has 1 aromatic carbocycles. The van der Waals surface area contributed by atoms with Gasteiger partial charge in [0.25, 0.3) is 16.0 Å². The van der Waals surface area contributed by atoms with Crippen molar-refractivity contribution in [2.45, 2.75) is 0 Å². The predicted octanol–water partition coefficient (Wildman–Crippen LogP) is -0.909. The van der Waals surface area contributed by atoms with Gasteiger partial charge in [0.05, 0.1) is 59.1 Å². The molecule has 0 unspecified atom stereocenters. The summed E-state index contributed by atoms with van der Waals surface area (Å²) in [4.78, 5) is 13.6. The van der Waals surface area contributed by atoms with Gasteiger partial charge >= 0.3 is 0 Å². The van der Waals surface area contributed by atoms with Crippen LogP contribution in [0.25, 0.3) is 0 Å². The molecule has 0 aliphatic rings. The number of aliphatic hydroxyl groups is 2. The Hall–Kier alpha value is -1.80. The fourth-order valence-electron chi connectivity index (χ4n) is 2.54. The second kappa shape index (κ2) is 16.8. The van der Waals surface area contributed by atoms with Crippen LogP contribution in [0.1, 0.15) is 10.4 Å². The summed E-state index contributed by atoms with van der Waals surface area (Å²) in [6.45, 7) is 1.68. The average Bonchev–Trinajstić information content (AvgIpc) is 2.79. The molecule has 1 amide bonds. The van der Waals surface area contributed by atoms with Crippen LogP contribution in [0.4, 0.5) is 0 Å². The Bertz CT molecular complexity index is 723. The Balaban J connectivity index is 2.03. The van der Waals surface area contributed by atoms with Gasteiger partial charge in [-0.15, -0.1) is 0 Å². The maximum absolute atomic E-state index is 12.0. The lowest BCUT2D eigenvalue weighted by Gasteiger charge is -2.19. The van der Waals surface area contributed by atoms with Gasteiger partial charge in [0.2, 0.25) is 0 Å². The smallest absolute Gasteiger partial charge is 0.268 e. The van der Waals surface area contributed by atoms with Crippen molar-refractivity contribution < 1.29 is 41.8 Å². The Kier molecular flexibility index (Phi) is 14.8. The van der Waals surface area contributed by atoms with E-state index in [0.717, 1.165) is 0 Å². The first-order valence-corrected chi connectivity index (χ1v) is 11.9. The molecule has 12 heteroatoms. The molecule has 1 rings (SSSR count). The second-order valence-electron chi connectivity index (χ2n) is 6.58. The quantitative estimate of drug-likeness (QED) is 0.169. The second-order valence-corrected chi connectivity index (χ2v) is 8.34. The van der Waals surface area contributed by atoms with Gasteiger partial charge in [-0.1, -0.05) is 0 Å². The van der Waals surface area contributed by atoms with Crippen LogP contribution in [0.2, 0.25) is 0 Å². The molecule has 32 heavy (non-hydrogen) atoms. The van der Waals surface area contributed by atoms with Crippen molar-refractivity contribution in [1.82, 2.24) is 10.2 Å². The van der Waals surface area contributed by atoms with Gasteiger partial charge in [0.15, 0.2) is 0 Å². The molecule has 184 valence electrons. The summed E-state index contributed by atoms with van der Waals surface area (Å²) in [7, 11) is -2.16. The molecule has 0 spiro atoms. The number of rotatable bonds is 19. The van der Waals surface area contributed by atoms with Gasteiger partial charge in [-0.3, -0.25) is 13.9 Å². The third kappa shape index (κ3) is 12.9. The first-order chi connectivity index (χ1) is 15.4. The molecule has 0 aromatic heterocycles. The molecule has 0 aliphatic carbocycles. The molecule has 0 saturated carbocycles. The molecular weight excluding hydrogens is 444 g/mol. The van der Waals surface area contributed by atoms with E-state index in [9.17, 15) is 13.2 Å². The summed E-state index contributed by atoms with van der Waals surface area (Å²) in [5.74, 6) is 0.232. The molecule has 0 heterocycles. The maximum Gasteiger partial charge on any atom is 0.268 e. The zero-order valence-electron chi connectivity index (χ0n) is 18.4. The maximum atomic E-state index is 12.0. The van der Waals surface area contributed by atoms with Crippen molar-refractivity contribution in [3.8, 4) is 5.75 Å². The molecule has 0 radical (unpaired) electrons. The van der Waals surface area contributed by atoms with Crippen LogP contribution in [-0.2, 0) is 23.8 Å². The van der Waals surface area contributed by atoms with E-state index in [2.05, 4.69) is 5.32 Å². The molecule has 11 nitrogen and oxygen atoms in total. The zero-order chi connectivity index (χ0) is 23.7. The fraction of sp³-hybridized carbons (Fsp3) is 0.650. The number of nitrogens with zero attached hydrogens (tertiary/aromatic N) is 1. The van der Waals surface area contributed by atoms with E-state index in [1.165, 1.54) is 0 Å². The average molecular weight is 479 g/mol. The summed E-state index contributed by atoms with van der Waals surface area (Å²) in [6.07, 6.45) is 0. The lowest BCUT2D eigenvalue weighted by atomic mass is 10.2. The fourth-order valence-corrected chi connectivity index (χ4v) is 3.46. The topological polar surface area (TPSA) is 144 Å². The van der Waals surface area contributed by atoms with E-state index in [-0.39, 0.29) is 64.3 Å². The van der Waals surface area contributed by atoms with Gasteiger partial charge in [0.1, 0.15) is 5.75 Å². The van der Waals surface area contributed by atoms with Crippen LogP contribution < -0.4 is 10.1 Å². The third-order valence-electron chi connectivity index (χ3n) is 4.24. The number of ether oxygens (including phenoxy) is 3. The van der Waals surface area contributed by atoms with Gasteiger partial charge < -0.3 is 29.7 Å². The SMILES string of the molecule is COc1ccc(C(=O)NCCOCCOCCOS(=O)(=O)CCN(CCO)CCO)cc1. The number of amides is 1. The number of aliphatic hydroxyl groups excluding tert-OH is 2. The van der Waals surface area contributed by atoms with Gasteiger partial charge in [-0.05, 0) is 24.3 Å². The highest BCUT2D eigenvalue weighted by molar-refractivity contribution is 7.86. The van der Waals surface area contributed by atoms with E-state index in [1.807, 2.05) is 0 Å². The van der Waals surface area contributed by atoms with Crippen LogP contribution in [0.3, 0.4) is 0 Å². The van der Waals surface area contributed by atoms with Gasteiger partial charge in [0, 0.05) is 31.7 Å². The van der Waals surface area contributed by atoms with Gasteiger partial charge in [-0.2, -0.15) is 8.42 Å². The van der Waals surface area contributed by atoms with Crippen LogP contribution in [0.15, 0.2) is 24.3 Å². The minimum Gasteiger partial charge on any atom is -0.497 e. The summed E-state index contributed by atoms with van der Waals surface area (Å²) in [5.41, 5.74) is 0.526. The number of benzene rings is 1. The van der Waals surface area contributed by atoms with E-state index in [0.29, 0.717) is 31.1 Å². The minimum absolute atomic E-state index is 0.0911. The molecule has 0 aliphatic heterocycles. The van der Waals surface area contributed by atoms with Crippen molar-refractivity contribution in [2.75, 3.05) is 85.3 Å². The first-order valence-electron chi connectivity index (χ1n) is 10.3. The highest BCUT2D eigenvalue weighted by Crippen LogP contribution is 2.10. The highest BCUT2D eigenvalue weighted by atomic mass is 32.2. The zero-order valence-corrected chi connectivity index (χ0v) is 19.2. The van der Waals surface area contributed by atoms with E-state index in [1.54, 1.807) is 36.3 Å². The molecule has 3 N–H and O–H groups in total. The van der Waals surface area contributed by atoms with E-state index in [4.69, 9.17) is 28.6 Å². The molecule has 0 bridgehead atoms. The standard InChI is InChI=1S/C20H34N2O9S/c1-28-19-4-2-18(3-5-19)20(25)21-6-12-29-13-14-30-15-16-31-32(26,27)17-9-22(7-10-23)8-11-24/h2-5,23-24H,6-17H2,1H3,(H,21,25). The highest BCUT2D eigenvalue weighted by Gasteiger charge is 2.14. The number of carbonyl (C=O) groups excluding carboxylic acids is 1. The third-order valence-corrected chi connectivity index (χ3v) is 5.45. The van der Waals surface area contributed by atoms with Crippen LogP contribution >= 0.6 is 0 Å². The van der Waals surface area contributed by atoms with Crippen molar-refractivity contribution in [2.24, 2.45) is 0 Å². The molecule has 0 atom stereocenters. The Morgan fingerprint density at radius 3 is 2.12 bits per heavy atom. The monoisotopic (exact) mass is 478 g/mol. The number of hydrogen-bond acceptors (Lipinski definition) is 10.